The van der Waals surface area contributed by atoms with Gasteiger partial charge in [-0.1, -0.05) is 0 Å². The Labute approximate surface area is 167 Å². The molecule has 0 N–H and O–H groups in total. The van der Waals surface area contributed by atoms with Crippen molar-refractivity contribution in [1.29, 1.82) is 0 Å². The summed E-state index contributed by atoms with van der Waals surface area (Å²) in [7, 11) is 0. The van der Waals surface area contributed by atoms with Gasteiger partial charge in [-0.15, -0.1) is 0 Å². The zero-order chi connectivity index (χ0) is 18.8. The third kappa shape index (κ3) is 6.41. The van der Waals surface area contributed by atoms with Crippen LogP contribution in [0.25, 0.3) is 0 Å². The first-order valence-corrected chi connectivity index (χ1v) is 19.1. The second-order valence-electron chi connectivity index (χ2n) is 9.16. The molecule has 2 nitrogen and oxygen atoms in total. The number of rotatable bonds is 11. The van der Waals surface area contributed by atoms with E-state index in [2.05, 4.69) is 20.8 Å². The molecule has 2 rings (SSSR count). The Balaban J connectivity index is 2.08. The molecule has 152 valence electrons. The molecule has 3 heteroatoms. The molecule has 0 heterocycles. The van der Waals surface area contributed by atoms with Gasteiger partial charge in [-0.05, 0) is 0 Å². The molecule has 2 fully saturated rings. The van der Waals surface area contributed by atoms with Crippen molar-refractivity contribution >= 4 is 24.8 Å². The zero-order valence-electron chi connectivity index (χ0n) is 17.9. The number of hydrogen-bond donors (Lipinski definition) is 0. The summed E-state index contributed by atoms with van der Waals surface area (Å²) >= 11 is -2.80. The van der Waals surface area contributed by atoms with Crippen molar-refractivity contribution in [2.75, 3.05) is 0 Å². The van der Waals surface area contributed by atoms with E-state index in [1.165, 1.54) is 90.4 Å². The summed E-state index contributed by atoms with van der Waals surface area (Å²) in [6.45, 7) is 6.85. The van der Waals surface area contributed by atoms with Gasteiger partial charge >= 0.3 is 168 Å². The molecule has 0 aromatic carbocycles. The molecule has 0 radical (unpaired) electrons. The van der Waals surface area contributed by atoms with Crippen LogP contribution >= 0.6 is 0 Å². The standard InChI is InChI=1S/C11H18O2.3C4H9.Sn/c12-11(13)10-7-3-5-8-4-1-2-6-9(8)10;3*1-3-4-2;/h8-10H,1-7H2,(H,12,13);3*1,3-4H2,2H3;/q;;;;+1/p-1. The molecule has 2 aliphatic carbocycles. The topological polar surface area (TPSA) is 26.3 Å². The van der Waals surface area contributed by atoms with Gasteiger partial charge in [0.15, 0.2) is 0 Å². The summed E-state index contributed by atoms with van der Waals surface area (Å²) in [5.74, 6) is 1.98. The fraction of sp³-hybridized carbons (Fsp3) is 0.957. The molecular weight excluding hydrogens is 427 g/mol. The molecule has 0 saturated heterocycles. The molecule has 0 bridgehead atoms. The Morgan fingerprint density at radius 2 is 1.35 bits per heavy atom. The van der Waals surface area contributed by atoms with E-state index in [4.69, 9.17) is 3.07 Å². The fourth-order valence-corrected chi connectivity index (χ4v) is 18.8. The third-order valence-corrected chi connectivity index (χ3v) is 19.8. The molecule has 2 saturated carbocycles. The Bertz CT molecular complexity index is 385. The maximum absolute atomic E-state index is 13.4. The van der Waals surface area contributed by atoms with Crippen LogP contribution in [-0.2, 0) is 7.87 Å². The predicted octanol–water partition coefficient (Wildman–Crippen LogP) is 7.48. The van der Waals surface area contributed by atoms with Crippen LogP contribution in [0.5, 0.6) is 0 Å². The normalized spacial score (nSPS) is 26.3. The summed E-state index contributed by atoms with van der Waals surface area (Å²) in [5.41, 5.74) is 0. The Hall–Kier alpha value is 0.269. The number of carbonyl (C=O) groups is 1. The van der Waals surface area contributed by atoms with Crippen molar-refractivity contribution < 1.29 is 7.87 Å². The average molecular weight is 471 g/mol. The summed E-state index contributed by atoms with van der Waals surface area (Å²) in [4.78, 5) is 13.4. The number of unbranched alkanes of at least 4 members (excludes halogenated alkanes) is 3. The second-order valence-corrected chi connectivity index (χ2v) is 20.8. The van der Waals surface area contributed by atoms with Crippen LogP contribution in [0.15, 0.2) is 0 Å². The van der Waals surface area contributed by atoms with Gasteiger partial charge in [0.2, 0.25) is 0 Å². The van der Waals surface area contributed by atoms with Gasteiger partial charge in [0.05, 0.1) is 0 Å². The number of hydrogen-bond acceptors (Lipinski definition) is 2. The van der Waals surface area contributed by atoms with E-state index in [0.29, 0.717) is 5.92 Å². The van der Waals surface area contributed by atoms with Crippen LogP contribution in [0.2, 0.25) is 13.3 Å². The van der Waals surface area contributed by atoms with Crippen molar-refractivity contribution in [3.63, 3.8) is 0 Å². The van der Waals surface area contributed by atoms with Gasteiger partial charge in [0, 0.05) is 0 Å². The first-order valence-electron chi connectivity index (χ1n) is 11.9. The summed E-state index contributed by atoms with van der Waals surface area (Å²) in [5, 5.41) is 0. The molecule has 0 aliphatic heterocycles. The van der Waals surface area contributed by atoms with E-state index in [1.807, 2.05) is 0 Å². The van der Waals surface area contributed by atoms with Gasteiger partial charge in [-0.3, -0.25) is 0 Å². The van der Waals surface area contributed by atoms with Gasteiger partial charge in [0.1, 0.15) is 0 Å². The predicted molar refractivity (Wildman–Crippen MR) is 114 cm³/mol. The van der Waals surface area contributed by atoms with Crippen molar-refractivity contribution in [2.24, 2.45) is 17.8 Å². The van der Waals surface area contributed by atoms with Gasteiger partial charge < -0.3 is 0 Å². The molecule has 3 unspecified atom stereocenters. The Morgan fingerprint density at radius 1 is 0.808 bits per heavy atom. The second kappa shape index (κ2) is 12.0. The van der Waals surface area contributed by atoms with Crippen molar-refractivity contribution in [3.8, 4) is 0 Å². The van der Waals surface area contributed by atoms with Gasteiger partial charge in [-0.25, -0.2) is 0 Å². The first-order chi connectivity index (χ1) is 12.7. The Kier molecular flexibility index (Phi) is 10.4. The van der Waals surface area contributed by atoms with Crippen LogP contribution in [0.1, 0.15) is 104 Å². The van der Waals surface area contributed by atoms with E-state index >= 15 is 0 Å². The van der Waals surface area contributed by atoms with E-state index < -0.39 is 18.8 Å². The van der Waals surface area contributed by atoms with E-state index in [-0.39, 0.29) is 11.9 Å². The van der Waals surface area contributed by atoms with Crippen LogP contribution in [0, 0.1) is 17.8 Å². The van der Waals surface area contributed by atoms with Crippen molar-refractivity contribution in [3.05, 3.63) is 0 Å². The summed E-state index contributed by atoms with van der Waals surface area (Å²) in [6, 6.07) is 0. The Morgan fingerprint density at radius 3 is 1.92 bits per heavy atom. The zero-order valence-corrected chi connectivity index (χ0v) is 20.7. The maximum atomic E-state index is 13.4. The third-order valence-electron chi connectivity index (χ3n) is 7.15. The van der Waals surface area contributed by atoms with Crippen LogP contribution in [0.3, 0.4) is 0 Å². The quantitative estimate of drug-likeness (QED) is 0.292. The number of fused-ring (bicyclic) bond motifs is 1. The minimum absolute atomic E-state index is 0.245. The molecule has 3 atom stereocenters. The monoisotopic (exact) mass is 472 g/mol. The van der Waals surface area contributed by atoms with Crippen LogP contribution in [0.4, 0.5) is 0 Å². The van der Waals surface area contributed by atoms with E-state index in [1.54, 1.807) is 0 Å². The SMILES string of the molecule is CCC[CH2][Sn]([CH2]CCC)([CH2]CCC)[O]C(=O)C1CCCC2CCCCC21. The molecule has 0 aromatic heterocycles. The molecule has 26 heavy (non-hydrogen) atoms. The van der Waals surface area contributed by atoms with Crippen molar-refractivity contribution in [2.45, 2.75) is 118 Å². The molecule has 2 aliphatic rings. The first kappa shape index (κ1) is 22.6. The van der Waals surface area contributed by atoms with Crippen LogP contribution in [-0.4, -0.2) is 24.8 Å². The van der Waals surface area contributed by atoms with Gasteiger partial charge in [0.25, 0.3) is 0 Å². The van der Waals surface area contributed by atoms with Crippen LogP contribution < -0.4 is 0 Å². The fourth-order valence-electron chi connectivity index (χ4n) is 5.55. The summed E-state index contributed by atoms with van der Waals surface area (Å²) in [6.07, 6.45) is 16.6. The minimum atomic E-state index is -2.80. The average Bonchev–Trinajstić information content (AvgIpc) is 2.68. The van der Waals surface area contributed by atoms with E-state index in [9.17, 15) is 4.79 Å². The molecular formula is C23H44O2Sn. The molecule has 0 spiro atoms. The molecule has 0 amide bonds. The van der Waals surface area contributed by atoms with Gasteiger partial charge in [-0.2, -0.15) is 0 Å². The molecule has 0 aromatic rings. The van der Waals surface area contributed by atoms with E-state index in [0.717, 1.165) is 12.3 Å². The number of carbonyl (C=O) groups excluding carboxylic acids is 1. The van der Waals surface area contributed by atoms with Crippen molar-refractivity contribution in [1.82, 2.24) is 0 Å². The summed E-state index contributed by atoms with van der Waals surface area (Å²) < 4.78 is 10.5.